The average molecular weight is 444 g/mol. The molecule has 0 radical (unpaired) electrons. The van der Waals surface area contributed by atoms with Crippen molar-refractivity contribution in [1.82, 2.24) is 24.9 Å². The number of hydrogen-bond acceptors (Lipinski definition) is 6. The molecule has 0 saturated carbocycles. The van der Waals surface area contributed by atoms with Gasteiger partial charge in [0, 0.05) is 43.3 Å². The number of benzene rings is 2. The lowest BCUT2D eigenvalue weighted by atomic mass is 9.98. The van der Waals surface area contributed by atoms with Crippen molar-refractivity contribution >= 4 is 28.3 Å². The average Bonchev–Trinajstić information content (AvgIpc) is 3.55. The summed E-state index contributed by atoms with van der Waals surface area (Å²) in [6.07, 6.45) is 5.57. The number of amides is 1. The minimum Gasteiger partial charge on any atom is -0.496 e. The molecule has 0 spiro atoms. The van der Waals surface area contributed by atoms with Crippen molar-refractivity contribution in [1.29, 1.82) is 0 Å². The Morgan fingerprint density at radius 2 is 2.03 bits per heavy atom. The molecule has 5 rings (SSSR count). The van der Waals surface area contributed by atoms with Gasteiger partial charge in [-0.1, -0.05) is 6.07 Å². The van der Waals surface area contributed by atoms with E-state index >= 15 is 0 Å². The molecule has 0 bridgehead atoms. The van der Waals surface area contributed by atoms with Crippen LogP contribution in [0.3, 0.4) is 0 Å². The molecule has 0 aliphatic carbocycles. The molecule has 3 heterocycles. The molecule has 0 saturated heterocycles. The molecule has 0 atom stereocenters. The summed E-state index contributed by atoms with van der Waals surface area (Å²) in [5, 5.41) is 12.5. The van der Waals surface area contributed by atoms with Crippen molar-refractivity contribution in [3.8, 4) is 16.9 Å². The first kappa shape index (κ1) is 20.9. The standard InChI is InChI=1S/C24H24N6O3/c1-29-20-6-4-15(10-16(20)12-25-29)18-5-7-21(33-3)19-11-22(27-23(18)19)28-24(31)17-13-26-30(14-17)8-9-32-2/h4-7,10,12-14H,8-9,11H2,1-3H3,(H,27,28,31). The summed E-state index contributed by atoms with van der Waals surface area (Å²) in [4.78, 5) is 17.6. The summed E-state index contributed by atoms with van der Waals surface area (Å²) >= 11 is 0. The van der Waals surface area contributed by atoms with Gasteiger partial charge in [0.15, 0.2) is 0 Å². The van der Waals surface area contributed by atoms with Gasteiger partial charge in [-0.15, -0.1) is 0 Å². The Bertz CT molecular complexity index is 1380. The SMILES string of the molecule is COCCn1cc(C(=O)NC2=Nc3c(-c4ccc5c(cnn5C)c4)ccc(OC)c3C2)cn1. The maximum absolute atomic E-state index is 12.8. The molecule has 1 aliphatic rings. The molecule has 168 valence electrons. The maximum atomic E-state index is 12.8. The van der Waals surface area contributed by atoms with Crippen molar-refractivity contribution in [3.63, 3.8) is 0 Å². The quantitative estimate of drug-likeness (QED) is 0.493. The normalized spacial score (nSPS) is 12.6. The van der Waals surface area contributed by atoms with Gasteiger partial charge in [-0.3, -0.25) is 14.2 Å². The Morgan fingerprint density at radius 3 is 2.85 bits per heavy atom. The third-order valence-electron chi connectivity index (χ3n) is 5.79. The highest BCUT2D eigenvalue weighted by molar-refractivity contribution is 6.10. The third-order valence-corrected chi connectivity index (χ3v) is 5.79. The van der Waals surface area contributed by atoms with E-state index in [0.29, 0.717) is 31.0 Å². The lowest BCUT2D eigenvalue weighted by molar-refractivity contribution is 0.0976. The molecule has 4 aromatic rings. The van der Waals surface area contributed by atoms with Crippen LogP contribution in [-0.2, 0) is 24.8 Å². The Balaban J connectivity index is 1.44. The number of rotatable bonds is 6. The number of carbonyl (C=O) groups excluding carboxylic acids is 1. The van der Waals surface area contributed by atoms with Gasteiger partial charge < -0.3 is 14.8 Å². The van der Waals surface area contributed by atoms with E-state index < -0.39 is 0 Å². The second-order valence-corrected chi connectivity index (χ2v) is 7.86. The smallest absolute Gasteiger partial charge is 0.259 e. The fourth-order valence-electron chi connectivity index (χ4n) is 4.08. The van der Waals surface area contributed by atoms with Crippen LogP contribution in [0.4, 0.5) is 5.69 Å². The Hall–Kier alpha value is -3.98. The van der Waals surface area contributed by atoms with Crippen LogP contribution in [0.15, 0.2) is 53.9 Å². The van der Waals surface area contributed by atoms with Crippen molar-refractivity contribution in [2.75, 3.05) is 20.8 Å². The summed E-state index contributed by atoms with van der Waals surface area (Å²) in [6.45, 7) is 1.11. The molecule has 1 amide bonds. The zero-order valence-electron chi connectivity index (χ0n) is 18.7. The van der Waals surface area contributed by atoms with Crippen LogP contribution in [0.25, 0.3) is 22.0 Å². The van der Waals surface area contributed by atoms with Crippen molar-refractivity contribution in [2.45, 2.75) is 13.0 Å². The van der Waals surface area contributed by atoms with Gasteiger partial charge in [-0.25, -0.2) is 4.99 Å². The lowest BCUT2D eigenvalue weighted by Gasteiger charge is -2.11. The molecule has 2 aromatic carbocycles. The van der Waals surface area contributed by atoms with Crippen LogP contribution in [-0.4, -0.2) is 52.1 Å². The van der Waals surface area contributed by atoms with Crippen molar-refractivity contribution in [3.05, 3.63) is 60.0 Å². The first-order valence-electron chi connectivity index (χ1n) is 10.6. The van der Waals surface area contributed by atoms with Gasteiger partial charge in [0.05, 0.1) is 49.4 Å². The maximum Gasteiger partial charge on any atom is 0.259 e. The summed E-state index contributed by atoms with van der Waals surface area (Å²) in [7, 11) is 5.19. The predicted octanol–water partition coefficient (Wildman–Crippen LogP) is 3.11. The summed E-state index contributed by atoms with van der Waals surface area (Å²) in [6, 6.07) is 10.2. The molecule has 33 heavy (non-hydrogen) atoms. The van der Waals surface area contributed by atoms with Crippen LogP contribution in [0.5, 0.6) is 5.75 Å². The summed E-state index contributed by atoms with van der Waals surface area (Å²) < 4.78 is 14.2. The number of nitrogens with zero attached hydrogens (tertiary/aromatic N) is 5. The van der Waals surface area contributed by atoms with E-state index in [9.17, 15) is 4.79 Å². The van der Waals surface area contributed by atoms with Crippen LogP contribution >= 0.6 is 0 Å². The molecule has 1 aliphatic heterocycles. The van der Waals surface area contributed by atoms with E-state index in [0.717, 1.165) is 39.0 Å². The van der Waals surface area contributed by atoms with Crippen LogP contribution in [0.1, 0.15) is 15.9 Å². The van der Waals surface area contributed by atoms with Crippen LogP contribution < -0.4 is 10.1 Å². The topological polar surface area (TPSA) is 95.6 Å². The number of methoxy groups -OCH3 is 2. The first-order valence-corrected chi connectivity index (χ1v) is 10.6. The Labute approximate surface area is 190 Å². The zero-order chi connectivity index (χ0) is 22.9. The van der Waals surface area contributed by atoms with E-state index in [-0.39, 0.29) is 5.91 Å². The number of aryl methyl sites for hydroxylation is 1. The van der Waals surface area contributed by atoms with E-state index in [2.05, 4.69) is 33.7 Å². The van der Waals surface area contributed by atoms with Crippen molar-refractivity contribution in [2.24, 2.45) is 12.0 Å². The van der Waals surface area contributed by atoms with Gasteiger partial charge in [0.25, 0.3) is 5.91 Å². The third kappa shape index (κ3) is 3.87. The number of ether oxygens (including phenoxy) is 2. The minimum absolute atomic E-state index is 0.248. The molecule has 9 nitrogen and oxygen atoms in total. The van der Waals surface area contributed by atoms with Gasteiger partial charge in [0.2, 0.25) is 0 Å². The number of aliphatic imine (C=N–C) groups is 1. The second kappa shape index (κ2) is 8.51. The number of fused-ring (bicyclic) bond motifs is 2. The highest BCUT2D eigenvalue weighted by atomic mass is 16.5. The monoisotopic (exact) mass is 444 g/mol. The number of amidine groups is 1. The Morgan fingerprint density at radius 1 is 1.15 bits per heavy atom. The molecule has 1 N–H and O–H groups in total. The molecular weight excluding hydrogens is 420 g/mol. The van der Waals surface area contributed by atoms with Crippen molar-refractivity contribution < 1.29 is 14.3 Å². The predicted molar refractivity (Wildman–Crippen MR) is 125 cm³/mol. The fourth-order valence-corrected chi connectivity index (χ4v) is 4.08. The lowest BCUT2D eigenvalue weighted by Crippen LogP contribution is -2.30. The Kier molecular flexibility index (Phi) is 5.39. The van der Waals surface area contributed by atoms with Gasteiger partial charge in [-0.05, 0) is 29.8 Å². The largest absolute Gasteiger partial charge is 0.496 e. The molecular formula is C24H24N6O3. The van der Waals surface area contributed by atoms with E-state index in [1.165, 1.54) is 0 Å². The molecule has 0 unspecified atom stereocenters. The number of nitrogens with one attached hydrogen (secondary N) is 1. The number of hydrogen-bond donors (Lipinski definition) is 1. The highest BCUT2D eigenvalue weighted by Crippen LogP contribution is 2.42. The fraction of sp³-hybridized carbons (Fsp3) is 0.250. The van der Waals surface area contributed by atoms with E-state index in [4.69, 9.17) is 14.5 Å². The summed E-state index contributed by atoms with van der Waals surface area (Å²) in [5.74, 6) is 1.08. The van der Waals surface area contributed by atoms with Gasteiger partial charge >= 0.3 is 0 Å². The highest BCUT2D eigenvalue weighted by Gasteiger charge is 2.24. The van der Waals surface area contributed by atoms with E-state index in [1.807, 2.05) is 30.1 Å². The van der Waals surface area contributed by atoms with Crippen LogP contribution in [0.2, 0.25) is 0 Å². The second-order valence-electron chi connectivity index (χ2n) is 7.86. The number of carbonyl (C=O) groups is 1. The first-order chi connectivity index (χ1) is 16.1. The van der Waals surface area contributed by atoms with Gasteiger partial charge in [-0.2, -0.15) is 10.2 Å². The van der Waals surface area contributed by atoms with E-state index in [1.54, 1.807) is 31.3 Å². The minimum atomic E-state index is -0.248. The molecule has 2 aromatic heterocycles. The van der Waals surface area contributed by atoms with Crippen LogP contribution in [0, 0.1) is 0 Å². The number of aromatic nitrogens is 4. The van der Waals surface area contributed by atoms with Gasteiger partial charge in [0.1, 0.15) is 11.6 Å². The zero-order valence-corrected chi connectivity index (χ0v) is 18.7. The molecule has 0 fully saturated rings. The molecule has 9 heteroatoms. The summed E-state index contributed by atoms with van der Waals surface area (Å²) in [5.41, 5.74) is 5.31.